The molecule has 0 saturated carbocycles. The van der Waals surface area contributed by atoms with Crippen LogP contribution in [0.5, 0.6) is 5.75 Å². The van der Waals surface area contributed by atoms with E-state index >= 15 is 0 Å². The second-order valence-corrected chi connectivity index (χ2v) is 5.80. The molecule has 0 atom stereocenters. The van der Waals surface area contributed by atoms with Crippen LogP contribution < -0.4 is 16.3 Å². The lowest BCUT2D eigenvalue weighted by Gasteiger charge is -2.17. The van der Waals surface area contributed by atoms with Crippen molar-refractivity contribution in [3.63, 3.8) is 0 Å². The van der Waals surface area contributed by atoms with Gasteiger partial charge in [0.15, 0.2) is 5.75 Å². The molecule has 0 radical (unpaired) electrons. The van der Waals surface area contributed by atoms with Crippen molar-refractivity contribution in [3.8, 4) is 5.75 Å². The Kier molecular flexibility index (Phi) is 4.04. The predicted octanol–water partition coefficient (Wildman–Crippen LogP) is 2.87. The summed E-state index contributed by atoms with van der Waals surface area (Å²) in [6.45, 7) is 0. The van der Waals surface area contributed by atoms with Crippen LogP contribution in [-0.4, -0.2) is 15.7 Å². The van der Waals surface area contributed by atoms with E-state index in [0.29, 0.717) is 34.5 Å². The minimum Gasteiger partial charge on any atom is -0.383 e. The van der Waals surface area contributed by atoms with Gasteiger partial charge in [0.25, 0.3) is 0 Å². The molecule has 8 heteroatoms. The fraction of sp³-hybridized carbons (Fsp3) is 0.214. The lowest BCUT2D eigenvalue weighted by molar-refractivity contribution is 0.338. The number of aromatic nitrogens is 2. The molecule has 1 aromatic carbocycles. The molecule has 0 spiro atoms. The van der Waals surface area contributed by atoms with Crippen molar-refractivity contribution in [1.82, 2.24) is 9.97 Å². The Morgan fingerprint density at radius 1 is 1.05 bits per heavy atom. The van der Waals surface area contributed by atoms with Gasteiger partial charge >= 0.3 is 0 Å². The molecule has 0 unspecified atom stereocenters. The summed E-state index contributed by atoms with van der Waals surface area (Å²) in [5.74, 6) is 1.07. The van der Waals surface area contributed by atoms with E-state index in [-0.39, 0.29) is 5.95 Å². The van der Waals surface area contributed by atoms with Crippen LogP contribution in [0.2, 0.25) is 10.0 Å². The molecule has 6 nitrogen and oxygen atoms in total. The van der Waals surface area contributed by atoms with Gasteiger partial charge in [-0.3, -0.25) is 0 Å². The Labute approximate surface area is 137 Å². The average Bonchev–Trinajstić information content (AvgIpc) is 2.44. The van der Waals surface area contributed by atoms with Crippen LogP contribution in [0, 0.1) is 0 Å². The second kappa shape index (κ2) is 5.98. The number of hydrogen-bond donors (Lipinski definition) is 2. The SMILES string of the molecule is Nc1nc(N)c2c(n1)CCC(=NOc1cc(Cl)cc(Cl)c1)C2. The zero-order valence-electron chi connectivity index (χ0n) is 11.5. The first-order valence-electron chi connectivity index (χ1n) is 6.61. The van der Waals surface area contributed by atoms with Crippen molar-refractivity contribution in [1.29, 1.82) is 0 Å². The highest BCUT2D eigenvalue weighted by Gasteiger charge is 2.20. The maximum absolute atomic E-state index is 5.92. The Hall–Kier alpha value is -2.05. The summed E-state index contributed by atoms with van der Waals surface area (Å²) < 4.78 is 0. The van der Waals surface area contributed by atoms with E-state index in [4.69, 9.17) is 39.5 Å². The van der Waals surface area contributed by atoms with Crippen LogP contribution in [-0.2, 0) is 12.8 Å². The number of nitrogens with two attached hydrogens (primary N) is 2. The van der Waals surface area contributed by atoms with Gasteiger partial charge < -0.3 is 16.3 Å². The molecule has 22 heavy (non-hydrogen) atoms. The van der Waals surface area contributed by atoms with Crippen molar-refractivity contribution in [2.75, 3.05) is 11.5 Å². The smallest absolute Gasteiger partial charge is 0.222 e. The summed E-state index contributed by atoms with van der Waals surface area (Å²) in [5, 5.41) is 5.14. The van der Waals surface area contributed by atoms with E-state index in [0.717, 1.165) is 23.4 Å². The van der Waals surface area contributed by atoms with Crippen LogP contribution in [0.15, 0.2) is 23.4 Å². The van der Waals surface area contributed by atoms with E-state index in [9.17, 15) is 0 Å². The molecule has 1 aliphatic carbocycles. The second-order valence-electron chi connectivity index (χ2n) is 4.92. The summed E-state index contributed by atoms with van der Waals surface area (Å²) in [5.41, 5.74) is 14.1. The normalized spacial score (nSPS) is 15.6. The maximum Gasteiger partial charge on any atom is 0.222 e. The molecule has 1 aromatic heterocycles. The topological polar surface area (TPSA) is 99.4 Å². The zero-order chi connectivity index (χ0) is 15.7. The van der Waals surface area contributed by atoms with Gasteiger partial charge in [-0.2, -0.15) is 4.98 Å². The molecule has 0 aliphatic heterocycles. The quantitative estimate of drug-likeness (QED) is 0.820. The third-order valence-corrected chi connectivity index (χ3v) is 3.73. The molecule has 0 amide bonds. The Morgan fingerprint density at radius 3 is 2.50 bits per heavy atom. The van der Waals surface area contributed by atoms with Gasteiger partial charge in [0.1, 0.15) is 5.82 Å². The van der Waals surface area contributed by atoms with Gasteiger partial charge in [0.05, 0.1) is 11.4 Å². The summed E-state index contributed by atoms with van der Waals surface area (Å²) in [7, 11) is 0. The molecule has 0 fully saturated rings. The third-order valence-electron chi connectivity index (χ3n) is 3.29. The van der Waals surface area contributed by atoms with Crippen molar-refractivity contribution in [3.05, 3.63) is 39.5 Å². The first-order valence-corrected chi connectivity index (χ1v) is 7.36. The van der Waals surface area contributed by atoms with E-state index in [1.165, 1.54) is 0 Å². The van der Waals surface area contributed by atoms with Crippen molar-refractivity contribution < 1.29 is 4.84 Å². The maximum atomic E-state index is 5.92. The predicted molar refractivity (Wildman–Crippen MR) is 87.4 cm³/mol. The zero-order valence-corrected chi connectivity index (χ0v) is 13.0. The number of hydrogen-bond acceptors (Lipinski definition) is 6. The molecule has 4 N–H and O–H groups in total. The van der Waals surface area contributed by atoms with E-state index in [1.54, 1.807) is 18.2 Å². The molecule has 2 aromatic rings. The number of oxime groups is 1. The first kappa shape index (κ1) is 14.9. The van der Waals surface area contributed by atoms with Crippen LogP contribution in [0.25, 0.3) is 0 Å². The molecule has 0 bridgehead atoms. The van der Waals surface area contributed by atoms with Gasteiger partial charge in [-0.25, -0.2) is 4.98 Å². The number of anilines is 2. The van der Waals surface area contributed by atoms with Crippen molar-refractivity contribution in [2.24, 2.45) is 5.16 Å². The van der Waals surface area contributed by atoms with Crippen molar-refractivity contribution >= 4 is 40.7 Å². The van der Waals surface area contributed by atoms with Gasteiger partial charge in [-0.05, 0) is 18.9 Å². The fourth-order valence-corrected chi connectivity index (χ4v) is 2.81. The molecule has 1 aliphatic rings. The van der Waals surface area contributed by atoms with Gasteiger partial charge in [-0.15, -0.1) is 0 Å². The van der Waals surface area contributed by atoms with Gasteiger partial charge in [0, 0.05) is 34.2 Å². The van der Waals surface area contributed by atoms with Crippen LogP contribution in [0.3, 0.4) is 0 Å². The van der Waals surface area contributed by atoms with Crippen molar-refractivity contribution in [2.45, 2.75) is 19.3 Å². The highest BCUT2D eigenvalue weighted by molar-refractivity contribution is 6.34. The summed E-state index contributed by atoms with van der Waals surface area (Å²) in [6.07, 6.45) is 1.96. The van der Waals surface area contributed by atoms with Crippen LogP contribution >= 0.6 is 23.2 Å². The standard InChI is InChI=1S/C14H13Cl2N5O/c15-7-3-8(16)5-10(4-7)22-21-9-1-2-12-11(6-9)13(17)20-14(18)19-12/h3-5H,1-2,6H2,(H4,17,18,19,20). The molecule has 114 valence electrons. The number of rotatable bonds is 2. The number of halogens is 2. The monoisotopic (exact) mass is 337 g/mol. The molecular weight excluding hydrogens is 325 g/mol. The molecule has 1 heterocycles. The minimum absolute atomic E-state index is 0.196. The first-order chi connectivity index (χ1) is 10.5. The average molecular weight is 338 g/mol. The molecular formula is C14H13Cl2N5O. The van der Waals surface area contributed by atoms with Gasteiger partial charge in [0.2, 0.25) is 5.95 Å². The lowest BCUT2D eigenvalue weighted by atomic mass is 9.95. The number of benzene rings is 1. The lowest BCUT2D eigenvalue weighted by Crippen LogP contribution is -2.19. The van der Waals surface area contributed by atoms with Crippen LogP contribution in [0.4, 0.5) is 11.8 Å². The Morgan fingerprint density at radius 2 is 1.77 bits per heavy atom. The third kappa shape index (κ3) is 3.23. The number of nitrogens with zero attached hydrogens (tertiary/aromatic N) is 3. The number of fused-ring (bicyclic) bond motifs is 1. The minimum atomic E-state index is 0.196. The van der Waals surface area contributed by atoms with E-state index in [2.05, 4.69) is 15.1 Å². The van der Waals surface area contributed by atoms with E-state index in [1.807, 2.05) is 0 Å². The Balaban J connectivity index is 1.79. The largest absolute Gasteiger partial charge is 0.383 e. The van der Waals surface area contributed by atoms with Gasteiger partial charge in [-0.1, -0.05) is 28.4 Å². The summed E-state index contributed by atoms with van der Waals surface area (Å²) in [4.78, 5) is 13.6. The molecule has 0 saturated heterocycles. The highest BCUT2D eigenvalue weighted by Crippen LogP contribution is 2.26. The molecule has 3 rings (SSSR count). The van der Waals surface area contributed by atoms with Crippen LogP contribution in [0.1, 0.15) is 17.7 Å². The number of nitrogen functional groups attached to an aromatic ring is 2. The Bertz CT molecular complexity index is 743. The highest BCUT2D eigenvalue weighted by atomic mass is 35.5. The summed E-state index contributed by atoms with van der Waals surface area (Å²) >= 11 is 11.8. The van der Waals surface area contributed by atoms with E-state index < -0.39 is 0 Å². The summed E-state index contributed by atoms with van der Waals surface area (Å²) in [6, 6.07) is 4.92. The fourth-order valence-electron chi connectivity index (χ4n) is 2.30. The number of aryl methyl sites for hydroxylation is 1.